The van der Waals surface area contributed by atoms with Crippen molar-refractivity contribution in [1.29, 1.82) is 0 Å². The summed E-state index contributed by atoms with van der Waals surface area (Å²) in [6, 6.07) is 8.85. The fourth-order valence-corrected chi connectivity index (χ4v) is 1.91. The highest BCUT2D eigenvalue weighted by molar-refractivity contribution is 5.85. The number of halogens is 1. The van der Waals surface area contributed by atoms with Gasteiger partial charge in [-0.25, -0.2) is 0 Å². The van der Waals surface area contributed by atoms with E-state index in [1.54, 1.807) is 0 Å². The summed E-state index contributed by atoms with van der Waals surface area (Å²) in [6.45, 7) is 7.44. The summed E-state index contributed by atoms with van der Waals surface area (Å²) in [5, 5.41) is 0. The molecule has 0 aromatic heterocycles. The lowest BCUT2D eigenvalue weighted by Gasteiger charge is -2.20. The third kappa shape index (κ3) is 5.38. The first-order valence-electron chi connectivity index (χ1n) is 6.51. The Kier molecular flexibility index (Phi) is 7.53. The monoisotopic (exact) mass is 270 g/mol. The first-order valence-corrected chi connectivity index (χ1v) is 6.51. The Hall–Kier alpha value is -0.570. The van der Waals surface area contributed by atoms with Crippen LogP contribution in [-0.4, -0.2) is 6.54 Å². The molecule has 1 aromatic rings. The topological polar surface area (TPSA) is 52.0 Å². The molecular weight excluding hydrogens is 244 g/mol. The molecule has 0 fully saturated rings. The molecule has 0 radical (unpaired) electrons. The van der Waals surface area contributed by atoms with Crippen molar-refractivity contribution >= 4 is 12.4 Å². The van der Waals surface area contributed by atoms with Crippen LogP contribution in [-0.2, 0) is 5.41 Å². The first-order chi connectivity index (χ1) is 7.95. The van der Waals surface area contributed by atoms with Crippen molar-refractivity contribution in [2.24, 2.45) is 11.5 Å². The van der Waals surface area contributed by atoms with Gasteiger partial charge in [-0.15, -0.1) is 12.4 Å². The van der Waals surface area contributed by atoms with E-state index < -0.39 is 0 Å². The molecule has 0 aliphatic carbocycles. The van der Waals surface area contributed by atoms with E-state index in [0.717, 1.165) is 25.8 Å². The lowest BCUT2D eigenvalue weighted by Crippen LogP contribution is -2.13. The number of hydrogen-bond acceptors (Lipinski definition) is 2. The van der Waals surface area contributed by atoms with Gasteiger partial charge in [0.15, 0.2) is 0 Å². The molecule has 0 saturated carbocycles. The minimum atomic E-state index is 0. The third-order valence-electron chi connectivity index (χ3n) is 3.17. The standard InChI is InChI=1S/C15H26N2.ClH/c1-15(2,3)13-9-7-12(8-10-13)14(17)6-4-5-11-16;/h7-10,14H,4-6,11,16-17H2,1-3H3;1H/t14-;/m1./s1. The average molecular weight is 271 g/mol. The minimum absolute atomic E-state index is 0. The molecule has 0 unspecified atom stereocenters. The summed E-state index contributed by atoms with van der Waals surface area (Å²) in [5.41, 5.74) is 14.4. The van der Waals surface area contributed by atoms with E-state index in [1.807, 2.05) is 0 Å². The van der Waals surface area contributed by atoms with Gasteiger partial charge in [-0.2, -0.15) is 0 Å². The fraction of sp³-hybridized carbons (Fsp3) is 0.600. The highest BCUT2D eigenvalue weighted by atomic mass is 35.5. The van der Waals surface area contributed by atoms with Crippen molar-refractivity contribution < 1.29 is 0 Å². The van der Waals surface area contributed by atoms with Crippen LogP contribution >= 0.6 is 12.4 Å². The van der Waals surface area contributed by atoms with Crippen molar-refractivity contribution in [2.45, 2.75) is 51.5 Å². The summed E-state index contributed by atoms with van der Waals surface area (Å²) in [7, 11) is 0. The molecule has 3 heteroatoms. The van der Waals surface area contributed by atoms with Gasteiger partial charge < -0.3 is 11.5 Å². The molecule has 4 N–H and O–H groups in total. The smallest absolute Gasteiger partial charge is 0.0294 e. The summed E-state index contributed by atoms with van der Waals surface area (Å²) in [5.74, 6) is 0. The first kappa shape index (κ1) is 17.4. The van der Waals surface area contributed by atoms with Crippen LogP contribution in [0.1, 0.15) is 57.2 Å². The Morgan fingerprint density at radius 2 is 1.61 bits per heavy atom. The van der Waals surface area contributed by atoms with Crippen molar-refractivity contribution in [3.63, 3.8) is 0 Å². The molecule has 18 heavy (non-hydrogen) atoms. The summed E-state index contributed by atoms with van der Waals surface area (Å²) in [4.78, 5) is 0. The maximum Gasteiger partial charge on any atom is 0.0294 e. The predicted molar refractivity (Wildman–Crippen MR) is 82.2 cm³/mol. The molecule has 2 nitrogen and oxygen atoms in total. The van der Waals surface area contributed by atoms with Crippen LogP contribution in [0.3, 0.4) is 0 Å². The average Bonchev–Trinajstić information content (AvgIpc) is 2.28. The molecular formula is C15H27ClN2. The van der Waals surface area contributed by atoms with Crippen molar-refractivity contribution in [3.8, 4) is 0 Å². The zero-order chi connectivity index (χ0) is 12.9. The second-order valence-corrected chi connectivity index (χ2v) is 5.76. The molecule has 0 amide bonds. The van der Waals surface area contributed by atoms with Gasteiger partial charge in [0.05, 0.1) is 0 Å². The zero-order valence-electron chi connectivity index (χ0n) is 11.8. The molecule has 1 atom stereocenters. The zero-order valence-corrected chi connectivity index (χ0v) is 12.6. The second kappa shape index (κ2) is 7.78. The molecule has 104 valence electrons. The maximum absolute atomic E-state index is 6.15. The summed E-state index contributed by atoms with van der Waals surface area (Å²) >= 11 is 0. The molecule has 0 aliphatic heterocycles. The largest absolute Gasteiger partial charge is 0.330 e. The van der Waals surface area contributed by atoms with Gasteiger partial charge in [-0.3, -0.25) is 0 Å². The fourth-order valence-electron chi connectivity index (χ4n) is 1.91. The van der Waals surface area contributed by atoms with Crippen LogP contribution < -0.4 is 11.5 Å². The van der Waals surface area contributed by atoms with Gasteiger partial charge in [0.1, 0.15) is 0 Å². The minimum Gasteiger partial charge on any atom is -0.330 e. The number of nitrogens with two attached hydrogens (primary N) is 2. The van der Waals surface area contributed by atoms with E-state index in [2.05, 4.69) is 45.0 Å². The Bertz CT molecular complexity index is 327. The van der Waals surface area contributed by atoms with E-state index in [9.17, 15) is 0 Å². The quantitative estimate of drug-likeness (QED) is 0.804. The Morgan fingerprint density at radius 1 is 1.06 bits per heavy atom. The van der Waals surface area contributed by atoms with Gasteiger partial charge in [0, 0.05) is 6.04 Å². The van der Waals surface area contributed by atoms with Crippen LogP contribution in [0.25, 0.3) is 0 Å². The lowest BCUT2D eigenvalue weighted by molar-refractivity contribution is 0.581. The molecule has 0 bridgehead atoms. The second-order valence-electron chi connectivity index (χ2n) is 5.76. The molecule has 0 heterocycles. The van der Waals surface area contributed by atoms with E-state index in [0.29, 0.717) is 0 Å². The number of unbranched alkanes of at least 4 members (excludes halogenated alkanes) is 1. The van der Waals surface area contributed by atoms with E-state index in [4.69, 9.17) is 11.5 Å². The molecule has 1 aromatic carbocycles. The summed E-state index contributed by atoms with van der Waals surface area (Å²) < 4.78 is 0. The number of hydrogen-bond donors (Lipinski definition) is 2. The van der Waals surface area contributed by atoms with Gasteiger partial charge in [0.25, 0.3) is 0 Å². The molecule has 0 aliphatic rings. The van der Waals surface area contributed by atoms with Gasteiger partial charge >= 0.3 is 0 Å². The van der Waals surface area contributed by atoms with Crippen molar-refractivity contribution in [2.75, 3.05) is 6.54 Å². The SMILES string of the molecule is CC(C)(C)c1ccc([C@H](N)CCCCN)cc1.Cl. The van der Waals surface area contributed by atoms with E-state index in [1.165, 1.54) is 11.1 Å². The number of rotatable bonds is 5. The van der Waals surface area contributed by atoms with Crippen LogP contribution in [0.5, 0.6) is 0 Å². The lowest BCUT2D eigenvalue weighted by atomic mass is 9.86. The highest BCUT2D eigenvalue weighted by Gasteiger charge is 2.13. The van der Waals surface area contributed by atoms with Crippen LogP contribution in [0.4, 0.5) is 0 Å². The molecule has 0 spiro atoms. The normalized spacial score (nSPS) is 12.9. The van der Waals surface area contributed by atoms with Gasteiger partial charge in [-0.1, -0.05) is 51.5 Å². The predicted octanol–water partition coefficient (Wildman–Crippen LogP) is 3.53. The van der Waals surface area contributed by atoms with Crippen LogP contribution in [0.2, 0.25) is 0 Å². The van der Waals surface area contributed by atoms with Crippen molar-refractivity contribution in [3.05, 3.63) is 35.4 Å². The Labute approximate surface area is 118 Å². The van der Waals surface area contributed by atoms with Gasteiger partial charge in [-0.05, 0) is 35.9 Å². The third-order valence-corrected chi connectivity index (χ3v) is 3.17. The Balaban J connectivity index is 0.00000289. The maximum atomic E-state index is 6.15. The number of benzene rings is 1. The van der Waals surface area contributed by atoms with E-state index >= 15 is 0 Å². The van der Waals surface area contributed by atoms with Gasteiger partial charge in [0.2, 0.25) is 0 Å². The molecule has 0 saturated heterocycles. The van der Waals surface area contributed by atoms with Crippen LogP contribution in [0.15, 0.2) is 24.3 Å². The van der Waals surface area contributed by atoms with Crippen molar-refractivity contribution in [1.82, 2.24) is 0 Å². The molecule has 1 rings (SSSR count). The summed E-state index contributed by atoms with van der Waals surface area (Å²) in [6.07, 6.45) is 3.19. The Morgan fingerprint density at radius 3 is 2.06 bits per heavy atom. The highest BCUT2D eigenvalue weighted by Crippen LogP contribution is 2.24. The van der Waals surface area contributed by atoms with Crippen LogP contribution in [0, 0.1) is 0 Å². The van der Waals surface area contributed by atoms with E-state index in [-0.39, 0.29) is 23.9 Å².